The summed E-state index contributed by atoms with van der Waals surface area (Å²) in [7, 11) is 0. The predicted octanol–water partition coefficient (Wildman–Crippen LogP) is 2.38. The highest BCUT2D eigenvalue weighted by Crippen LogP contribution is 2.22. The molecule has 0 aromatic heterocycles. The Kier molecular flexibility index (Phi) is 3.44. The topological polar surface area (TPSA) is 49.3 Å². The maximum Gasteiger partial charge on any atom is 0.404 e. The van der Waals surface area contributed by atoms with Crippen LogP contribution in [0.25, 0.3) is 0 Å². The van der Waals surface area contributed by atoms with Crippen molar-refractivity contribution in [1.29, 1.82) is 0 Å². The van der Waals surface area contributed by atoms with E-state index in [9.17, 15) is 4.79 Å². The van der Waals surface area contributed by atoms with E-state index in [0.717, 1.165) is 6.42 Å². The van der Waals surface area contributed by atoms with Crippen molar-refractivity contribution in [3.05, 3.63) is 34.9 Å². The molecule has 2 N–H and O–H groups in total. The van der Waals surface area contributed by atoms with Crippen LogP contribution in [0.5, 0.6) is 0 Å². The first-order valence-electron chi connectivity index (χ1n) is 5.83. The van der Waals surface area contributed by atoms with Gasteiger partial charge in [0.15, 0.2) is 0 Å². The van der Waals surface area contributed by atoms with Gasteiger partial charge in [-0.05, 0) is 48.8 Å². The van der Waals surface area contributed by atoms with Gasteiger partial charge in [0.2, 0.25) is 0 Å². The number of fused-ring (bicyclic) bond motifs is 1. The van der Waals surface area contributed by atoms with Gasteiger partial charge in [0.25, 0.3) is 0 Å². The molecular weight excluding hydrogens is 202 g/mol. The van der Waals surface area contributed by atoms with Gasteiger partial charge in [-0.1, -0.05) is 18.2 Å². The van der Waals surface area contributed by atoms with Crippen LogP contribution in [0, 0.1) is 0 Å². The Morgan fingerprint density at radius 1 is 1.25 bits per heavy atom. The highest BCUT2D eigenvalue weighted by molar-refractivity contribution is 5.64. The second-order valence-corrected chi connectivity index (χ2v) is 4.29. The molecule has 0 bridgehead atoms. The van der Waals surface area contributed by atoms with Crippen LogP contribution >= 0.6 is 0 Å². The van der Waals surface area contributed by atoms with Crippen molar-refractivity contribution in [1.82, 2.24) is 5.32 Å². The Morgan fingerprint density at radius 2 is 2.00 bits per heavy atom. The molecular formula is C13H17NO2. The molecule has 1 amide bonds. The number of amides is 1. The van der Waals surface area contributed by atoms with Crippen LogP contribution in [0.2, 0.25) is 0 Å². The molecule has 0 heterocycles. The minimum absolute atomic E-state index is 0.494. The first-order chi connectivity index (χ1) is 7.75. The summed E-state index contributed by atoms with van der Waals surface area (Å²) in [6.07, 6.45) is 4.78. The lowest BCUT2D eigenvalue weighted by Crippen LogP contribution is -2.23. The fraction of sp³-hybridized carbons (Fsp3) is 0.462. The maximum absolute atomic E-state index is 10.3. The van der Waals surface area contributed by atoms with E-state index in [2.05, 4.69) is 23.5 Å². The lowest BCUT2D eigenvalue weighted by Gasteiger charge is -2.16. The van der Waals surface area contributed by atoms with Gasteiger partial charge in [-0.25, -0.2) is 4.79 Å². The normalized spacial score (nSPS) is 14.2. The van der Waals surface area contributed by atoms with Crippen LogP contribution in [0.3, 0.4) is 0 Å². The standard InChI is InChI=1S/C13H17NO2/c15-13(16)14-8-7-10-5-6-11-3-1-2-4-12(11)9-10/h5-6,9,14H,1-4,7-8H2,(H,15,16). The molecule has 3 nitrogen and oxygen atoms in total. The molecule has 3 heteroatoms. The van der Waals surface area contributed by atoms with Crippen LogP contribution in [0.15, 0.2) is 18.2 Å². The van der Waals surface area contributed by atoms with Crippen molar-refractivity contribution in [2.24, 2.45) is 0 Å². The molecule has 0 fully saturated rings. The molecule has 0 atom stereocenters. The number of aryl methyl sites for hydroxylation is 2. The monoisotopic (exact) mass is 219 g/mol. The van der Waals surface area contributed by atoms with E-state index in [1.54, 1.807) is 0 Å². The lowest BCUT2D eigenvalue weighted by molar-refractivity contribution is 0.194. The minimum Gasteiger partial charge on any atom is -0.465 e. The zero-order valence-corrected chi connectivity index (χ0v) is 9.33. The van der Waals surface area contributed by atoms with Crippen LogP contribution in [0.1, 0.15) is 29.5 Å². The van der Waals surface area contributed by atoms with Gasteiger partial charge in [0.1, 0.15) is 0 Å². The average molecular weight is 219 g/mol. The zero-order valence-electron chi connectivity index (χ0n) is 9.33. The quantitative estimate of drug-likeness (QED) is 0.820. The van der Waals surface area contributed by atoms with Crippen molar-refractivity contribution >= 4 is 6.09 Å². The van der Waals surface area contributed by atoms with Crippen LogP contribution in [-0.4, -0.2) is 17.7 Å². The highest BCUT2D eigenvalue weighted by Gasteiger charge is 2.09. The van der Waals surface area contributed by atoms with Crippen molar-refractivity contribution in [2.75, 3.05) is 6.54 Å². The van der Waals surface area contributed by atoms with E-state index in [-0.39, 0.29) is 0 Å². The summed E-state index contributed by atoms with van der Waals surface area (Å²) in [5.74, 6) is 0. The Labute approximate surface area is 95.5 Å². The zero-order chi connectivity index (χ0) is 11.4. The van der Waals surface area contributed by atoms with Gasteiger partial charge in [0, 0.05) is 6.54 Å². The van der Waals surface area contributed by atoms with Gasteiger partial charge < -0.3 is 10.4 Å². The summed E-state index contributed by atoms with van der Waals surface area (Å²) in [6.45, 7) is 0.494. The molecule has 1 aromatic rings. The highest BCUT2D eigenvalue weighted by atomic mass is 16.4. The molecule has 1 aliphatic rings. The number of benzene rings is 1. The predicted molar refractivity (Wildman–Crippen MR) is 62.8 cm³/mol. The number of carboxylic acid groups (broad SMARTS) is 1. The molecule has 0 aliphatic heterocycles. The fourth-order valence-electron chi connectivity index (χ4n) is 2.26. The van der Waals surface area contributed by atoms with Gasteiger partial charge in [-0.3, -0.25) is 0 Å². The summed E-state index contributed by atoms with van der Waals surface area (Å²) in [5, 5.41) is 10.9. The first kappa shape index (κ1) is 11.0. The number of hydrogen-bond donors (Lipinski definition) is 2. The van der Waals surface area contributed by atoms with Crippen LogP contribution < -0.4 is 5.32 Å². The molecule has 86 valence electrons. The minimum atomic E-state index is -0.946. The van der Waals surface area contributed by atoms with E-state index in [4.69, 9.17) is 5.11 Å². The van der Waals surface area contributed by atoms with Crippen molar-refractivity contribution in [3.63, 3.8) is 0 Å². The molecule has 16 heavy (non-hydrogen) atoms. The smallest absolute Gasteiger partial charge is 0.404 e. The number of rotatable bonds is 3. The van der Waals surface area contributed by atoms with E-state index in [0.29, 0.717) is 6.54 Å². The van der Waals surface area contributed by atoms with E-state index < -0.39 is 6.09 Å². The van der Waals surface area contributed by atoms with Gasteiger partial charge in [0.05, 0.1) is 0 Å². The first-order valence-corrected chi connectivity index (χ1v) is 5.83. The van der Waals surface area contributed by atoms with Gasteiger partial charge >= 0.3 is 6.09 Å². The molecule has 1 aliphatic carbocycles. The number of carbonyl (C=O) groups is 1. The van der Waals surface area contributed by atoms with E-state index >= 15 is 0 Å². The summed E-state index contributed by atoms with van der Waals surface area (Å²) >= 11 is 0. The Balaban J connectivity index is 1.97. The third kappa shape index (κ3) is 2.75. The van der Waals surface area contributed by atoms with Crippen molar-refractivity contribution < 1.29 is 9.90 Å². The lowest BCUT2D eigenvalue weighted by atomic mass is 9.90. The van der Waals surface area contributed by atoms with Crippen LogP contribution in [-0.2, 0) is 19.3 Å². The molecule has 0 unspecified atom stereocenters. The summed E-state index contributed by atoms with van der Waals surface area (Å²) < 4.78 is 0. The number of nitrogens with one attached hydrogen (secondary N) is 1. The van der Waals surface area contributed by atoms with Crippen molar-refractivity contribution in [3.8, 4) is 0 Å². The van der Waals surface area contributed by atoms with E-state index in [1.807, 2.05) is 0 Å². The van der Waals surface area contributed by atoms with Gasteiger partial charge in [-0.2, -0.15) is 0 Å². The molecule has 0 radical (unpaired) electrons. The SMILES string of the molecule is O=C(O)NCCc1ccc2c(c1)CCCC2. The maximum atomic E-state index is 10.3. The third-order valence-electron chi connectivity index (χ3n) is 3.10. The summed E-state index contributed by atoms with van der Waals surface area (Å²) in [5.41, 5.74) is 4.16. The molecule has 2 rings (SSSR count). The van der Waals surface area contributed by atoms with Crippen LogP contribution in [0.4, 0.5) is 4.79 Å². The number of hydrogen-bond acceptors (Lipinski definition) is 1. The summed E-state index contributed by atoms with van der Waals surface area (Å²) in [6, 6.07) is 6.55. The molecule has 1 aromatic carbocycles. The second kappa shape index (κ2) is 5.01. The Bertz CT molecular complexity index is 388. The third-order valence-corrected chi connectivity index (χ3v) is 3.10. The fourth-order valence-corrected chi connectivity index (χ4v) is 2.26. The van der Waals surface area contributed by atoms with E-state index in [1.165, 1.54) is 42.4 Å². The van der Waals surface area contributed by atoms with Gasteiger partial charge in [-0.15, -0.1) is 0 Å². The second-order valence-electron chi connectivity index (χ2n) is 4.29. The molecule has 0 saturated carbocycles. The Hall–Kier alpha value is -1.51. The summed E-state index contributed by atoms with van der Waals surface area (Å²) in [4.78, 5) is 10.3. The molecule has 0 saturated heterocycles. The average Bonchev–Trinajstić information content (AvgIpc) is 2.28. The Morgan fingerprint density at radius 3 is 2.75 bits per heavy atom. The molecule has 0 spiro atoms. The van der Waals surface area contributed by atoms with Crippen molar-refractivity contribution in [2.45, 2.75) is 32.1 Å². The largest absolute Gasteiger partial charge is 0.465 e.